The van der Waals surface area contributed by atoms with Gasteiger partial charge in [-0.05, 0) is 12.8 Å². The first-order valence-corrected chi connectivity index (χ1v) is 5.89. The van der Waals surface area contributed by atoms with Gasteiger partial charge in [0, 0.05) is 18.1 Å². The number of nitrogens with zero attached hydrogens (tertiary/aromatic N) is 1. The zero-order chi connectivity index (χ0) is 9.31. The van der Waals surface area contributed by atoms with Crippen LogP contribution in [-0.4, -0.2) is 21.2 Å². The van der Waals surface area contributed by atoms with Gasteiger partial charge in [-0.15, -0.1) is 11.8 Å². The average Bonchev–Trinajstić information content (AvgIpc) is 2.53. The van der Waals surface area contributed by atoms with Crippen LogP contribution in [0.4, 0.5) is 0 Å². The third-order valence-electron chi connectivity index (χ3n) is 3.03. The Kier molecular flexibility index (Phi) is 2.53. The normalized spacial score (nSPS) is 39.8. The van der Waals surface area contributed by atoms with E-state index in [1.165, 1.54) is 25.7 Å². The molecule has 0 bridgehead atoms. The second kappa shape index (κ2) is 3.51. The minimum Gasteiger partial charge on any atom is -0.393 e. The second-order valence-electron chi connectivity index (χ2n) is 4.19. The maximum absolute atomic E-state index is 9.22. The van der Waals surface area contributed by atoms with E-state index in [0.29, 0.717) is 18.1 Å². The van der Waals surface area contributed by atoms with Gasteiger partial charge >= 0.3 is 0 Å². The summed E-state index contributed by atoms with van der Waals surface area (Å²) in [6.45, 7) is 0. The minimum atomic E-state index is -0.228. The van der Waals surface area contributed by atoms with Crippen molar-refractivity contribution in [2.75, 3.05) is 0 Å². The van der Waals surface area contributed by atoms with Crippen molar-refractivity contribution >= 4 is 11.8 Å². The van der Waals surface area contributed by atoms with Gasteiger partial charge in [-0.25, -0.2) is 0 Å². The van der Waals surface area contributed by atoms with E-state index >= 15 is 0 Å². The van der Waals surface area contributed by atoms with Crippen molar-refractivity contribution in [3.05, 3.63) is 0 Å². The van der Waals surface area contributed by atoms with Gasteiger partial charge in [-0.3, -0.25) is 0 Å². The molecule has 0 heterocycles. The monoisotopic (exact) mass is 197 g/mol. The molecule has 0 amide bonds. The van der Waals surface area contributed by atoms with Gasteiger partial charge in [0.2, 0.25) is 0 Å². The summed E-state index contributed by atoms with van der Waals surface area (Å²) >= 11 is 1.82. The maximum atomic E-state index is 9.22. The Morgan fingerprint density at radius 3 is 2.38 bits per heavy atom. The molecule has 0 aromatic rings. The Hall–Kier alpha value is -0.200. The summed E-state index contributed by atoms with van der Waals surface area (Å²) in [5, 5.41) is 18.9. The largest absolute Gasteiger partial charge is 0.393 e. The van der Waals surface area contributed by atoms with Crippen molar-refractivity contribution in [2.45, 2.75) is 54.6 Å². The SMILES string of the molecule is N#CC1(SC2CCCC2)CC(O)C1. The van der Waals surface area contributed by atoms with Gasteiger partial charge in [-0.2, -0.15) is 5.26 Å². The highest BCUT2D eigenvalue weighted by Gasteiger charge is 2.46. The summed E-state index contributed by atoms with van der Waals surface area (Å²) in [5.41, 5.74) is 0. The van der Waals surface area contributed by atoms with Crippen LogP contribution in [0, 0.1) is 11.3 Å². The number of hydrogen-bond acceptors (Lipinski definition) is 3. The number of nitriles is 1. The lowest BCUT2D eigenvalue weighted by Gasteiger charge is -2.40. The van der Waals surface area contributed by atoms with E-state index < -0.39 is 0 Å². The molecule has 0 atom stereocenters. The average molecular weight is 197 g/mol. The zero-order valence-electron chi connectivity index (χ0n) is 7.70. The molecular weight excluding hydrogens is 182 g/mol. The highest BCUT2D eigenvalue weighted by molar-refractivity contribution is 8.01. The summed E-state index contributed by atoms with van der Waals surface area (Å²) < 4.78 is -0.228. The number of aliphatic hydroxyl groups is 1. The molecule has 0 spiro atoms. The smallest absolute Gasteiger partial charge is 0.107 e. The van der Waals surface area contributed by atoms with Crippen LogP contribution in [0.15, 0.2) is 0 Å². The Morgan fingerprint density at radius 2 is 1.92 bits per heavy atom. The molecule has 3 heteroatoms. The Balaban J connectivity index is 1.88. The van der Waals surface area contributed by atoms with Crippen LogP contribution in [-0.2, 0) is 0 Å². The highest BCUT2D eigenvalue weighted by Crippen LogP contribution is 2.48. The number of hydrogen-bond donors (Lipinski definition) is 1. The van der Waals surface area contributed by atoms with E-state index in [-0.39, 0.29) is 10.9 Å². The Labute approximate surface area is 83.3 Å². The van der Waals surface area contributed by atoms with E-state index in [2.05, 4.69) is 6.07 Å². The van der Waals surface area contributed by atoms with Crippen LogP contribution in [0.1, 0.15) is 38.5 Å². The number of thioether (sulfide) groups is 1. The lowest BCUT2D eigenvalue weighted by Crippen LogP contribution is -2.44. The maximum Gasteiger partial charge on any atom is 0.107 e. The molecule has 0 radical (unpaired) electrons. The molecule has 2 aliphatic rings. The molecule has 0 unspecified atom stereocenters. The van der Waals surface area contributed by atoms with Gasteiger partial charge in [0.25, 0.3) is 0 Å². The van der Waals surface area contributed by atoms with E-state index in [4.69, 9.17) is 5.26 Å². The van der Waals surface area contributed by atoms with Crippen LogP contribution in [0.3, 0.4) is 0 Å². The van der Waals surface area contributed by atoms with Crippen molar-refractivity contribution in [3.8, 4) is 6.07 Å². The Morgan fingerprint density at radius 1 is 1.31 bits per heavy atom. The topological polar surface area (TPSA) is 44.0 Å². The number of rotatable bonds is 2. The predicted octanol–water partition coefficient (Wildman–Crippen LogP) is 2.08. The standard InChI is InChI=1S/C10H15NOS/c11-7-10(5-8(12)6-10)13-9-3-1-2-4-9/h8-9,12H,1-6H2. The van der Waals surface area contributed by atoms with Crippen LogP contribution in [0.25, 0.3) is 0 Å². The summed E-state index contributed by atoms with van der Waals surface area (Å²) in [7, 11) is 0. The van der Waals surface area contributed by atoms with Crippen molar-refractivity contribution in [3.63, 3.8) is 0 Å². The predicted molar refractivity (Wildman–Crippen MR) is 53.4 cm³/mol. The molecule has 0 aromatic carbocycles. The van der Waals surface area contributed by atoms with E-state index in [1.807, 2.05) is 11.8 Å². The molecule has 1 N–H and O–H groups in total. The van der Waals surface area contributed by atoms with Crippen LogP contribution in [0.2, 0.25) is 0 Å². The van der Waals surface area contributed by atoms with E-state index in [9.17, 15) is 5.11 Å². The molecule has 0 aliphatic heterocycles. The summed E-state index contributed by atoms with van der Waals surface area (Å²) in [6.07, 6.45) is 6.33. The molecule has 13 heavy (non-hydrogen) atoms. The quantitative estimate of drug-likeness (QED) is 0.737. The van der Waals surface area contributed by atoms with Crippen molar-refractivity contribution in [1.82, 2.24) is 0 Å². The highest BCUT2D eigenvalue weighted by atomic mass is 32.2. The molecule has 72 valence electrons. The molecule has 2 fully saturated rings. The van der Waals surface area contributed by atoms with Crippen LogP contribution < -0.4 is 0 Å². The second-order valence-corrected chi connectivity index (χ2v) is 5.88. The summed E-state index contributed by atoms with van der Waals surface area (Å²) in [6, 6.07) is 2.38. The number of aliphatic hydroxyl groups excluding tert-OH is 1. The molecule has 0 aromatic heterocycles. The van der Waals surface area contributed by atoms with Gasteiger partial charge < -0.3 is 5.11 Å². The van der Waals surface area contributed by atoms with Gasteiger partial charge in [-0.1, -0.05) is 12.8 Å². The van der Waals surface area contributed by atoms with Crippen LogP contribution in [0.5, 0.6) is 0 Å². The minimum absolute atomic E-state index is 0.214. The first-order chi connectivity index (χ1) is 6.24. The lowest BCUT2D eigenvalue weighted by atomic mass is 9.82. The molecule has 0 saturated heterocycles. The summed E-state index contributed by atoms with van der Waals surface area (Å²) in [5.74, 6) is 0. The van der Waals surface area contributed by atoms with Crippen molar-refractivity contribution in [1.29, 1.82) is 5.26 Å². The first kappa shape index (κ1) is 9.36. The molecule has 2 aliphatic carbocycles. The first-order valence-electron chi connectivity index (χ1n) is 5.01. The van der Waals surface area contributed by atoms with E-state index in [1.54, 1.807) is 0 Å². The molecule has 2 rings (SSSR count). The molecular formula is C10H15NOS. The summed E-state index contributed by atoms with van der Waals surface area (Å²) in [4.78, 5) is 0. The zero-order valence-corrected chi connectivity index (χ0v) is 8.52. The lowest BCUT2D eigenvalue weighted by molar-refractivity contribution is 0.0801. The van der Waals surface area contributed by atoms with Crippen molar-refractivity contribution < 1.29 is 5.11 Å². The third-order valence-corrected chi connectivity index (χ3v) is 4.71. The van der Waals surface area contributed by atoms with Gasteiger partial charge in [0.15, 0.2) is 0 Å². The fourth-order valence-electron chi connectivity index (χ4n) is 2.24. The third kappa shape index (κ3) is 1.84. The van der Waals surface area contributed by atoms with Gasteiger partial charge in [0.1, 0.15) is 4.75 Å². The van der Waals surface area contributed by atoms with Gasteiger partial charge in [0.05, 0.1) is 12.2 Å². The fraction of sp³-hybridized carbons (Fsp3) is 0.900. The fourth-order valence-corrected chi connectivity index (χ4v) is 4.08. The molecule has 2 nitrogen and oxygen atoms in total. The Bertz CT molecular complexity index is 224. The van der Waals surface area contributed by atoms with Crippen molar-refractivity contribution in [2.24, 2.45) is 0 Å². The van der Waals surface area contributed by atoms with Crippen LogP contribution >= 0.6 is 11.8 Å². The van der Waals surface area contributed by atoms with E-state index in [0.717, 1.165) is 0 Å². The molecule has 2 saturated carbocycles.